The Morgan fingerprint density at radius 2 is 0.567 bits per heavy atom. The van der Waals surface area contributed by atoms with Crippen LogP contribution in [0.2, 0.25) is 0 Å². The van der Waals surface area contributed by atoms with Gasteiger partial charge in [0.25, 0.3) is 0 Å². The van der Waals surface area contributed by atoms with Gasteiger partial charge in [-0.05, 0) is 109 Å². The standard InChI is InChI=1S/C61H98O6/c1-4-7-10-13-16-19-22-25-28-30-31-32-34-36-39-42-45-48-51-54-60(63)66-57-58(56-65-59(62)53-50-47-44-41-38-35-27-24-21-18-15-12-9-6-3)67-61(64)55-52-49-46-43-40-37-33-29-26-23-20-17-14-11-8-5-2/h7-12,16-21,25-26,28-29,37,40,46,49,58H,4-6,13-15,22-24,27,30-36,38-39,41-45,47-48,50-57H2,1-3H3/b10-7-,11-8-,12-9-,19-16-,20-17-,21-18-,28-25-,29-26-,40-37-,49-46-. The van der Waals surface area contributed by atoms with Crippen LogP contribution >= 0.6 is 0 Å². The zero-order valence-corrected chi connectivity index (χ0v) is 43.1. The van der Waals surface area contributed by atoms with Crippen LogP contribution in [-0.2, 0) is 28.6 Å². The summed E-state index contributed by atoms with van der Waals surface area (Å²) in [6.07, 6.45) is 74.8. The second-order valence-corrected chi connectivity index (χ2v) is 17.3. The van der Waals surface area contributed by atoms with Crippen molar-refractivity contribution in [1.82, 2.24) is 0 Å². The van der Waals surface area contributed by atoms with E-state index in [4.69, 9.17) is 14.2 Å². The van der Waals surface area contributed by atoms with E-state index in [1.54, 1.807) is 0 Å². The van der Waals surface area contributed by atoms with E-state index in [1.165, 1.54) is 64.2 Å². The smallest absolute Gasteiger partial charge is 0.306 e. The summed E-state index contributed by atoms with van der Waals surface area (Å²) in [5, 5.41) is 0. The lowest BCUT2D eigenvalue weighted by atomic mass is 10.1. The molecule has 0 aliphatic carbocycles. The van der Waals surface area contributed by atoms with Gasteiger partial charge in [0.1, 0.15) is 13.2 Å². The van der Waals surface area contributed by atoms with E-state index >= 15 is 0 Å². The number of ether oxygens (including phenoxy) is 3. The summed E-state index contributed by atoms with van der Waals surface area (Å²) in [7, 11) is 0. The fourth-order valence-electron chi connectivity index (χ4n) is 7.01. The maximum Gasteiger partial charge on any atom is 0.306 e. The molecule has 67 heavy (non-hydrogen) atoms. The molecule has 0 rings (SSSR count). The summed E-state index contributed by atoms with van der Waals surface area (Å²) >= 11 is 0. The van der Waals surface area contributed by atoms with E-state index < -0.39 is 12.1 Å². The molecule has 0 bridgehead atoms. The van der Waals surface area contributed by atoms with Gasteiger partial charge in [0.05, 0.1) is 0 Å². The number of hydrogen-bond acceptors (Lipinski definition) is 6. The number of unbranched alkanes of at least 4 members (excludes halogenated alkanes) is 16. The summed E-state index contributed by atoms with van der Waals surface area (Å²) in [6, 6.07) is 0. The van der Waals surface area contributed by atoms with Crippen molar-refractivity contribution in [3.8, 4) is 0 Å². The van der Waals surface area contributed by atoms with Crippen LogP contribution in [0.5, 0.6) is 0 Å². The number of allylic oxidation sites excluding steroid dienone is 20. The number of carbonyl (C=O) groups is 3. The quantitative estimate of drug-likeness (QED) is 0.0262. The van der Waals surface area contributed by atoms with Crippen LogP contribution in [-0.4, -0.2) is 37.2 Å². The number of esters is 3. The molecule has 0 saturated heterocycles. The average molecular weight is 927 g/mol. The number of carbonyl (C=O) groups excluding carboxylic acids is 3. The van der Waals surface area contributed by atoms with Crippen molar-refractivity contribution >= 4 is 17.9 Å². The summed E-state index contributed by atoms with van der Waals surface area (Å²) in [5.41, 5.74) is 0. The second kappa shape index (κ2) is 54.4. The molecule has 6 nitrogen and oxygen atoms in total. The van der Waals surface area contributed by atoms with Gasteiger partial charge in [0.15, 0.2) is 6.10 Å². The molecule has 0 aliphatic heterocycles. The van der Waals surface area contributed by atoms with Gasteiger partial charge in [-0.15, -0.1) is 0 Å². The molecule has 378 valence electrons. The van der Waals surface area contributed by atoms with E-state index in [9.17, 15) is 14.4 Å². The van der Waals surface area contributed by atoms with E-state index in [0.717, 1.165) is 116 Å². The van der Waals surface area contributed by atoms with Gasteiger partial charge in [-0.2, -0.15) is 0 Å². The Morgan fingerprint density at radius 3 is 0.896 bits per heavy atom. The fraction of sp³-hybridized carbons (Fsp3) is 0.623. The summed E-state index contributed by atoms with van der Waals surface area (Å²) in [6.45, 7) is 6.23. The number of hydrogen-bond donors (Lipinski definition) is 0. The predicted octanol–water partition coefficient (Wildman–Crippen LogP) is 18.1. The predicted molar refractivity (Wildman–Crippen MR) is 288 cm³/mol. The van der Waals surface area contributed by atoms with Crippen molar-refractivity contribution in [2.75, 3.05) is 13.2 Å². The molecule has 6 heteroatoms. The summed E-state index contributed by atoms with van der Waals surface area (Å²) in [4.78, 5) is 38.0. The molecule has 0 N–H and O–H groups in total. The van der Waals surface area contributed by atoms with Gasteiger partial charge in [-0.3, -0.25) is 14.4 Å². The van der Waals surface area contributed by atoms with Crippen LogP contribution in [0.15, 0.2) is 122 Å². The van der Waals surface area contributed by atoms with Crippen molar-refractivity contribution in [1.29, 1.82) is 0 Å². The van der Waals surface area contributed by atoms with Gasteiger partial charge in [-0.25, -0.2) is 0 Å². The zero-order valence-electron chi connectivity index (χ0n) is 43.1. The SMILES string of the molecule is CC/C=C\C/C=C\C/C=C\C/C=C\C/C=C\CCC(=O)OC(COC(=O)CCCCCCCCC/C=C\C/C=C\CC)COC(=O)CCCCCCCCCCC/C=C\C/C=C\C/C=C\CC. The number of rotatable bonds is 47. The van der Waals surface area contributed by atoms with Crippen LogP contribution in [0.4, 0.5) is 0 Å². The minimum atomic E-state index is -0.826. The highest BCUT2D eigenvalue weighted by atomic mass is 16.6. The lowest BCUT2D eigenvalue weighted by molar-refractivity contribution is -0.166. The molecule has 0 radical (unpaired) electrons. The van der Waals surface area contributed by atoms with Crippen molar-refractivity contribution < 1.29 is 28.6 Å². The van der Waals surface area contributed by atoms with Crippen molar-refractivity contribution in [3.63, 3.8) is 0 Å². The maximum atomic E-state index is 12.8. The molecule has 0 amide bonds. The molecule has 1 unspecified atom stereocenters. The van der Waals surface area contributed by atoms with Gasteiger partial charge < -0.3 is 14.2 Å². The molecule has 0 heterocycles. The van der Waals surface area contributed by atoms with Crippen LogP contribution in [0.1, 0.15) is 226 Å². The van der Waals surface area contributed by atoms with E-state index in [1.807, 2.05) is 12.2 Å². The molecular weight excluding hydrogens is 829 g/mol. The van der Waals surface area contributed by atoms with E-state index in [0.29, 0.717) is 19.3 Å². The highest BCUT2D eigenvalue weighted by Crippen LogP contribution is 2.14. The maximum absolute atomic E-state index is 12.8. The molecule has 0 aromatic rings. The van der Waals surface area contributed by atoms with Crippen LogP contribution in [0.3, 0.4) is 0 Å². The molecule has 0 fully saturated rings. The van der Waals surface area contributed by atoms with Gasteiger partial charge in [0.2, 0.25) is 0 Å². The molecule has 0 spiro atoms. The van der Waals surface area contributed by atoms with Gasteiger partial charge in [0, 0.05) is 19.3 Å². The lowest BCUT2D eigenvalue weighted by Gasteiger charge is -2.18. The minimum absolute atomic E-state index is 0.116. The highest BCUT2D eigenvalue weighted by Gasteiger charge is 2.19. The van der Waals surface area contributed by atoms with Crippen LogP contribution < -0.4 is 0 Å². The van der Waals surface area contributed by atoms with E-state index in [-0.39, 0.29) is 31.6 Å². The van der Waals surface area contributed by atoms with Crippen LogP contribution in [0, 0.1) is 0 Å². The molecule has 0 saturated carbocycles. The van der Waals surface area contributed by atoms with Crippen molar-refractivity contribution in [2.45, 2.75) is 232 Å². The average Bonchev–Trinajstić information content (AvgIpc) is 3.33. The monoisotopic (exact) mass is 927 g/mol. The fourth-order valence-corrected chi connectivity index (χ4v) is 7.01. The Balaban J connectivity index is 4.50. The lowest BCUT2D eigenvalue weighted by Crippen LogP contribution is -2.30. The first kappa shape index (κ1) is 62.8. The van der Waals surface area contributed by atoms with Crippen molar-refractivity contribution in [3.05, 3.63) is 122 Å². The molecule has 0 aromatic heterocycles. The first-order valence-corrected chi connectivity index (χ1v) is 27.0. The van der Waals surface area contributed by atoms with Gasteiger partial charge >= 0.3 is 17.9 Å². The third-order valence-electron chi connectivity index (χ3n) is 11.0. The highest BCUT2D eigenvalue weighted by molar-refractivity contribution is 5.71. The first-order chi connectivity index (χ1) is 33.0. The Morgan fingerprint density at radius 1 is 0.299 bits per heavy atom. The Kier molecular flexibility index (Phi) is 51.0. The van der Waals surface area contributed by atoms with E-state index in [2.05, 4.69) is 130 Å². The normalized spacial score (nSPS) is 13.1. The molecule has 0 aliphatic rings. The third-order valence-corrected chi connectivity index (χ3v) is 11.0. The Labute approximate surface area is 412 Å². The molecular formula is C61H98O6. The summed E-state index contributed by atoms with van der Waals surface area (Å²) in [5.74, 6) is -1.02. The van der Waals surface area contributed by atoms with Crippen molar-refractivity contribution in [2.24, 2.45) is 0 Å². The molecule has 1 atom stereocenters. The summed E-state index contributed by atoms with van der Waals surface area (Å²) < 4.78 is 16.7. The second-order valence-electron chi connectivity index (χ2n) is 17.3. The largest absolute Gasteiger partial charge is 0.462 e. The van der Waals surface area contributed by atoms with Crippen LogP contribution in [0.25, 0.3) is 0 Å². The topological polar surface area (TPSA) is 78.9 Å². The zero-order chi connectivity index (χ0) is 48.6. The molecule has 0 aromatic carbocycles. The minimum Gasteiger partial charge on any atom is -0.462 e. The Bertz CT molecular complexity index is 1440. The third kappa shape index (κ3) is 52.6. The van der Waals surface area contributed by atoms with Gasteiger partial charge in [-0.1, -0.05) is 219 Å². The first-order valence-electron chi connectivity index (χ1n) is 27.0. The Hall–Kier alpha value is -4.19.